The van der Waals surface area contributed by atoms with Gasteiger partial charge in [0.1, 0.15) is 5.75 Å². The summed E-state index contributed by atoms with van der Waals surface area (Å²) in [5.74, 6) is 0.816. The molecule has 2 rings (SSSR count). The van der Waals surface area contributed by atoms with Crippen molar-refractivity contribution in [3.05, 3.63) is 54.4 Å². The zero-order valence-electron chi connectivity index (χ0n) is 9.54. The molecule has 1 aromatic heterocycles. The minimum absolute atomic E-state index is 0.657. The van der Waals surface area contributed by atoms with Gasteiger partial charge in [-0.2, -0.15) is 5.26 Å². The third-order valence-corrected chi connectivity index (χ3v) is 2.48. The van der Waals surface area contributed by atoms with Crippen molar-refractivity contribution in [3.63, 3.8) is 0 Å². The molecule has 0 spiro atoms. The van der Waals surface area contributed by atoms with E-state index in [0.29, 0.717) is 12.2 Å². The quantitative estimate of drug-likeness (QED) is 0.735. The SMILES string of the molecule is N#Cc1ccc(OCCCn2cccc2)cc1. The molecule has 0 aliphatic carbocycles. The zero-order chi connectivity index (χ0) is 11.9. The van der Waals surface area contributed by atoms with Crippen LogP contribution < -0.4 is 4.74 Å². The van der Waals surface area contributed by atoms with Crippen molar-refractivity contribution in [1.82, 2.24) is 4.57 Å². The number of hydrogen-bond acceptors (Lipinski definition) is 2. The smallest absolute Gasteiger partial charge is 0.119 e. The van der Waals surface area contributed by atoms with Gasteiger partial charge < -0.3 is 9.30 Å². The molecule has 0 aliphatic rings. The van der Waals surface area contributed by atoms with Gasteiger partial charge in [0.15, 0.2) is 0 Å². The van der Waals surface area contributed by atoms with Crippen molar-refractivity contribution in [3.8, 4) is 11.8 Å². The van der Waals surface area contributed by atoms with Gasteiger partial charge in [-0.1, -0.05) is 0 Å². The number of hydrogen-bond donors (Lipinski definition) is 0. The third kappa shape index (κ3) is 3.39. The highest BCUT2D eigenvalue weighted by molar-refractivity contribution is 5.34. The van der Waals surface area contributed by atoms with Crippen LogP contribution in [0.25, 0.3) is 0 Å². The summed E-state index contributed by atoms with van der Waals surface area (Å²) in [4.78, 5) is 0. The number of rotatable bonds is 5. The minimum Gasteiger partial charge on any atom is -0.494 e. The Morgan fingerprint density at radius 1 is 1.12 bits per heavy atom. The predicted molar refractivity (Wildman–Crippen MR) is 65.7 cm³/mol. The molecule has 2 aromatic rings. The molecule has 0 amide bonds. The Balaban J connectivity index is 1.73. The fourth-order valence-electron chi connectivity index (χ4n) is 1.58. The maximum absolute atomic E-state index is 8.65. The number of aromatic nitrogens is 1. The molecule has 17 heavy (non-hydrogen) atoms. The lowest BCUT2D eigenvalue weighted by atomic mass is 10.2. The van der Waals surface area contributed by atoms with E-state index in [1.165, 1.54) is 0 Å². The van der Waals surface area contributed by atoms with Crippen LogP contribution in [0.3, 0.4) is 0 Å². The lowest BCUT2D eigenvalue weighted by Gasteiger charge is -2.06. The Morgan fingerprint density at radius 2 is 1.82 bits per heavy atom. The van der Waals surface area contributed by atoms with Crippen molar-refractivity contribution in [2.45, 2.75) is 13.0 Å². The van der Waals surface area contributed by atoms with E-state index in [9.17, 15) is 0 Å². The normalized spacial score (nSPS) is 9.82. The van der Waals surface area contributed by atoms with Crippen molar-refractivity contribution < 1.29 is 4.74 Å². The Bertz CT molecular complexity index is 480. The summed E-state index contributed by atoms with van der Waals surface area (Å²) in [5, 5.41) is 8.65. The number of aryl methyl sites for hydroxylation is 1. The Labute approximate surface area is 101 Å². The van der Waals surface area contributed by atoms with Crippen molar-refractivity contribution in [1.29, 1.82) is 5.26 Å². The molecule has 1 aromatic carbocycles. The van der Waals surface area contributed by atoms with Gasteiger partial charge in [-0.15, -0.1) is 0 Å². The highest BCUT2D eigenvalue weighted by atomic mass is 16.5. The average Bonchev–Trinajstić information content (AvgIpc) is 2.88. The van der Waals surface area contributed by atoms with E-state index in [1.54, 1.807) is 12.1 Å². The van der Waals surface area contributed by atoms with E-state index in [2.05, 4.69) is 10.6 Å². The van der Waals surface area contributed by atoms with Gasteiger partial charge in [-0.05, 0) is 42.8 Å². The Kier molecular flexibility index (Phi) is 3.82. The topological polar surface area (TPSA) is 37.9 Å². The lowest BCUT2D eigenvalue weighted by molar-refractivity contribution is 0.302. The molecule has 0 unspecified atom stereocenters. The molecular formula is C14H14N2O. The van der Waals surface area contributed by atoms with Gasteiger partial charge in [0.05, 0.1) is 18.2 Å². The minimum atomic E-state index is 0.657. The van der Waals surface area contributed by atoms with Crippen LogP contribution in [0, 0.1) is 11.3 Å². The highest BCUT2D eigenvalue weighted by Crippen LogP contribution is 2.11. The molecule has 0 atom stereocenters. The largest absolute Gasteiger partial charge is 0.494 e. The van der Waals surface area contributed by atoms with Crippen LogP contribution in [0.2, 0.25) is 0 Å². The maximum Gasteiger partial charge on any atom is 0.119 e. The monoisotopic (exact) mass is 226 g/mol. The molecule has 3 heteroatoms. The molecule has 1 heterocycles. The summed E-state index contributed by atoms with van der Waals surface area (Å²) in [7, 11) is 0. The van der Waals surface area contributed by atoms with Crippen molar-refractivity contribution in [2.24, 2.45) is 0 Å². The van der Waals surface area contributed by atoms with Crippen LogP contribution >= 0.6 is 0 Å². The summed E-state index contributed by atoms with van der Waals surface area (Å²) in [5.41, 5.74) is 0.657. The molecule has 3 nitrogen and oxygen atoms in total. The molecule has 0 aliphatic heterocycles. The van der Waals surface area contributed by atoms with Gasteiger partial charge in [0.2, 0.25) is 0 Å². The first-order chi connectivity index (χ1) is 8.38. The van der Waals surface area contributed by atoms with Crippen LogP contribution in [0.1, 0.15) is 12.0 Å². The number of nitrogens with zero attached hydrogens (tertiary/aromatic N) is 2. The van der Waals surface area contributed by atoms with E-state index >= 15 is 0 Å². The molecule has 0 saturated carbocycles. The number of benzene rings is 1. The Morgan fingerprint density at radius 3 is 2.47 bits per heavy atom. The molecule has 86 valence electrons. The second-order valence-electron chi connectivity index (χ2n) is 3.76. The number of ether oxygens (including phenoxy) is 1. The summed E-state index contributed by atoms with van der Waals surface area (Å²) < 4.78 is 7.71. The van der Waals surface area contributed by atoms with E-state index in [4.69, 9.17) is 10.00 Å². The molecule has 0 fully saturated rings. The van der Waals surface area contributed by atoms with Crippen LogP contribution in [-0.2, 0) is 6.54 Å². The van der Waals surface area contributed by atoms with Crippen LogP contribution in [0.5, 0.6) is 5.75 Å². The molecule has 0 radical (unpaired) electrons. The standard InChI is InChI=1S/C14H14N2O/c15-12-13-4-6-14(7-5-13)17-11-3-10-16-8-1-2-9-16/h1-2,4-9H,3,10-11H2. The fourth-order valence-corrected chi connectivity index (χ4v) is 1.58. The molecular weight excluding hydrogens is 212 g/mol. The van der Waals surface area contributed by atoms with E-state index in [1.807, 2.05) is 36.7 Å². The van der Waals surface area contributed by atoms with Gasteiger partial charge in [-0.25, -0.2) is 0 Å². The fraction of sp³-hybridized carbons (Fsp3) is 0.214. The van der Waals surface area contributed by atoms with Crippen LogP contribution in [-0.4, -0.2) is 11.2 Å². The van der Waals surface area contributed by atoms with E-state index in [0.717, 1.165) is 18.7 Å². The van der Waals surface area contributed by atoms with Crippen molar-refractivity contribution in [2.75, 3.05) is 6.61 Å². The van der Waals surface area contributed by atoms with E-state index < -0.39 is 0 Å². The van der Waals surface area contributed by atoms with Gasteiger partial charge in [0, 0.05) is 18.9 Å². The van der Waals surface area contributed by atoms with Gasteiger partial charge in [-0.3, -0.25) is 0 Å². The van der Waals surface area contributed by atoms with Gasteiger partial charge >= 0.3 is 0 Å². The van der Waals surface area contributed by atoms with Gasteiger partial charge in [0.25, 0.3) is 0 Å². The maximum atomic E-state index is 8.65. The number of nitriles is 1. The summed E-state index contributed by atoms with van der Waals surface area (Å²) in [6.45, 7) is 1.65. The molecule has 0 N–H and O–H groups in total. The lowest BCUT2D eigenvalue weighted by Crippen LogP contribution is -2.02. The van der Waals surface area contributed by atoms with E-state index in [-0.39, 0.29) is 0 Å². The predicted octanol–water partition coefficient (Wildman–Crippen LogP) is 2.83. The first-order valence-corrected chi connectivity index (χ1v) is 5.62. The second kappa shape index (κ2) is 5.76. The zero-order valence-corrected chi connectivity index (χ0v) is 9.54. The van der Waals surface area contributed by atoms with Crippen LogP contribution in [0.15, 0.2) is 48.8 Å². The first kappa shape index (κ1) is 11.3. The third-order valence-electron chi connectivity index (χ3n) is 2.48. The van der Waals surface area contributed by atoms with Crippen molar-refractivity contribution >= 4 is 0 Å². The second-order valence-corrected chi connectivity index (χ2v) is 3.76. The Hall–Kier alpha value is -2.21. The summed E-state index contributed by atoms with van der Waals surface area (Å²) in [6.07, 6.45) is 5.05. The van der Waals surface area contributed by atoms with Crippen LogP contribution in [0.4, 0.5) is 0 Å². The molecule has 0 bridgehead atoms. The first-order valence-electron chi connectivity index (χ1n) is 5.62. The average molecular weight is 226 g/mol. The summed E-state index contributed by atoms with van der Waals surface area (Å²) >= 11 is 0. The molecule has 0 saturated heterocycles. The summed E-state index contributed by atoms with van der Waals surface area (Å²) in [6, 6.07) is 13.3. The highest BCUT2D eigenvalue weighted by Gasteiger charge is 1.95.